The molecule has 1 aliphatic heterocycles. The Kier molecular flexibility index (Phi) is 2.97. The zero-order chi connectivity index (χ0) is 11.8. The van der Waals surface area contributed by atoms with Crippen LogP contribution in [-0.2, 0) is 4.74 Å². The standard InChI is InChI=1S/C14H21NO2/c1-9-3-6-13(17-9)10(2)15-12-7-8-16-14(12)11-4-5-11/h3,6,10-12,14-15H,4-5,7-8H2,1-2H3. The molecule has 2 fully saturated rings. The van der Waals surface area contributed by atoms with E-state index in [2.05, 4.69) is 18.3 Å². The van der Waals surface area contributed by atoms with Crippen molar-refractivity contribution in [2.75, 3.05) is 6.61 Å². The number of rotatable bonds is 4. The van der Waals surface area contributed by atoms with Crippen LogP contribution in [0.2, 0.25) is 0 Å². The van der Waals surface area contributed by atoms with E-state index in [-0.39, 0.29) is 6.04 Å². The molecule has 0 spiro atoms. The topological polar surface area (TPSA) is 34.4 Å². The molecule has 3 unspecified atom stereocenters. The number of hydrogen-bond acceptors (Lipinski definition) is 3. The van der Waals surface area contributed by atoms with Crippen LogP contribution in [0.15, 0.2) is 16.5 Å². The number of ether oxygens (including phenoxy) is 1. The minimum absolute atomic E-state index is 0.275. The van der Waals surface area contributed by atoms with E-state index in [1.165, 1.54) is 12.8 Å². The zero-order valence-corrected chi connectivity index (χ0v) is 10.6. The summed E-state index contributed by atoms with van der Waals surface area (Å²) in [5, 5.41) is 3.66. The van der Waals surface area contributed by atoms with Gasteiger partial charge in [0.25, 0.3) is 0 Å². The molecule has 0 bridgehead atoms. The summed E-state index contributed by atoms with van der Waals surface area (Å²) in [6, 6.07) is 4.87. The molecule has 1 saturated carbocycles. The lowest BCUT2D eigenvalue weighted by molar-refractivity contribution is 0.0787. The fourth-order valence-electron chi connectivity index (χ4n) is 2.77. The molecule has 0 amide bonds. The van der Waals surface area contributed by atoms with Crippen molar-refractivity contribution < 1.29 is 9.15 Å². The van der Waals surface area contributed by atoms with Gasteiger partial charge in [0, 0.05) is 12.6 Å². The Balaban J connectivity index is 1.62. The Morgan fingerprint density at radius 3 is 2.76 bits per heavy atom. The van der Waals surface area contributed by atoms with Crippen molar-refractivity contribution >= 4 is 0 Å². The lowest BCUT2D eigenvalue weighted by atomic mass is 10.0. The average molecular weight is 235 g/mol. The van der Waals surface area contributed by atoms with Gasteiger partial charge in [0.2, 0.25) is 0 Å². The minimum Gasteiger partial charge on any atom is -0.465 e. The van der Waals surface area contributed by atoms with Gasteiger partial charge in [-0.15, -0.1) is 0 Å². The monoisotopic (exact) mass is 235 g/mol. The molecular weight excluding hydrogens is 214 g/mol. The van der Waals surface area contributed by atoms with E-state index >= 15 is 0 Å². The molecular formula is C14H21NO2. The van der Waals surface area contributed by atoms with Crippen LogP contribution in [0.5, 0.6) is 0 Å². The van der Waals surface area contributed by atoms with Crippen LogP contribution in [-0.4, -0.2) is 18.8 Å². The second-order valence-corrected chi connectivity index (χ2v) is 5.40. The number of hydrogen-bond donors (Lipinski definition) is 1. The smallest absolute Gasteiger partial charge is 0.120 e. The van der Waals surface area contributed by atoms with Crippen LogP contribution < -0.4 is 5.32 Å². The van der Waals surface area contributed by atoms with Crippen LogP contribution in [0, 0.1) is 12.8 Å². The van der Waals surface area contributed by atoms with Gasteiger partial charge in [-0.2, -0.15) is 0 Å². The molecule has 2 heterocycles. The van der Waals surface area contributed by atoms with E-state index < -0.39 is 0 Å². The highest BCUT2D eigenvalue weighted by Crippen LogP contribution is 2.39. The van der Waals surface area contributed by atoms with Gasteiger partial charge in [-0.25, -0.2) is 0 Å². The van der Waals surface area contributed by atoms with Gasteiger partial charge in [-0.1, -0.05) is 0 Å². The van der Waals surface area contributed by atoms with Crippen molar-refractivity contribution in [2.24, 2.45) is 5.92 Å². The summed E-state index contributed by atoms with van der Waals surface area (Å²) in [7, 11) is 0. The molecule has 3 atom stereocenters. The summed E-state index contributed by atoms with van der Waals surface area (Å²) in [5.41, 5.74) is 0. The molecule has 1 saturated heterocycles. The van der Waals surface area contributed by atoms with Gasteiger partial charge < -0.3 is 14.5 Å². The van der Waals surface area contributed by atoms with Gasteiger partial charge in [0.15, 0.2) is 0 Å². The fourth-order valence-corrected chi connectivity index (χ4v) is 2.77. The molecule has 1 aliphatic carbocycles. The average Bonchev–Trinajstić information content (AvgIpc) is 2.89. The summed E-state index contributed by atoms with van der Waals surface area (Å²) in [4.78, 5) is 0. The Hall–Kier alpha value is -0.800. The van der Waals surface area contributed by atoms with Crippen molar-refractivity contribution in [3.8, 4) is 0 Å². The zero-order valence-electron chi connectivity index (χ0n) is 10.6. The Bertz CT molecular complexity index is 383. The predicted molar refractivity (Wildman–Crippen MR) is 65.9 cm³/mol. The van der Waals surface area contributed by atoms with Crippen molar-refractivity contribution in [1.82, 2.24) is 5.32 Å². The summed E-state index contributed by atoms with van der Waals surface area (Å²) >= 11 is 0. The molecule has 1 aromatic heterocycles. The van der Waals surface area contributed by atoms with Crippen LogP contribution in [0.1, 0.15) is 43.7 Å². The van der Waals surface area contributed by atoms with E-state index in [1.54, 1.807) is 0 Å². The third-order valence-corrected chi connectivity index (χ3v) is 3.87. The second-order valence-electron chi connectivity index (χ2n) is 5.40. The van der Waals surface area contributed by atoms with E-state index in [1.807, 2.05) is 13.0 Å². The number of aryl methyl sites for hydroxylation is 1. The molecule has 1 N–H and O–H groups in total. The maximum Gasteiger partial charge on any atom is 0.120 e. The third-order valence-electron chi connectivity index (χ3n) is 3.87. The summed E-state index contributed by atoms with van der Waals surface area (Å²) in [6.07, 6.45) is 4.26. The Labute approximate surface area is 103 Å². The normalized spacial score (nSPS) is 30.7. The summed E-state index contributed by atoms with van der Waals surface area (Å²) in [5.74, 6) is 2.82. The molecule has 3 nitrogen and oxygen atoms in total. The van der Waals surface area contributed by atoms with E-state index in [0.29, 0.717) is 12.1 Å². The van der Waals surface area contributed by atoms with E-state index in [0.717, 1.165) is 30.5 Å². The SMILES string of the molecule is Cc1ccc(C(C)NC2CCOC2C2CC2)o1. The van der Waals surface area contributed by atoms with Crippen LogP contribution in [0.3, 0.4) is 0 Å². The second kappa shape index (κ2) is 4.46. The quantitative estimate of drug-likeness (QED) is 0.871. The largest absolute Gasteiger partial charge is 0.465 e. The maximum atomic E-state index is 5.84. The van der Waals surface area contributed by atoms with Gasteiger partial charge in [-0.3, -0.25) is 0 Å². The molecule has 0 radical (unpaired) electrons. The Morgan fingerprint density at radius 1 is 1.29 bits per heavy atom. The summed E-state index contributed by atoms with van der Waals surface area (Å²) < 4.78 is 11.5. The van der Waals surface area contributed by atoms with Crippen LogP contribution >= 0.6 is 0 Å². The van der Waals surface area contributed by atoms with Gasteiger partial charge in [-0.05, 0) is 51.2 Å². The molecule has 2 aliphatic rings. The van der Waals surface area contributed by atoms with E-state index in [9.17, 15) is 0 Å². The molecule has 3 rings (SSSR count). The maximum absolute atomic E-state index is 5.84. The first-order valence-electron chi connectivity index (χ1n) is 6.68. The highest BCUT2D eigenvalue weighted by atomic mass is 16.5. The van der Waals surface area contributed by atoms with Gasteiger partial charge in [0.1, 0.15) is 11.5 Å². The lowest BCUT2D eigenvalue weighted by Crippen LogP contribution is -2.39. The first-order valence-corrected chi connectivity index (χ1v) is 6.68. The number of furan rings is 1. The molecule has 17 heavy (non-hydrogen) atoms. The van der Waals surface area contributed by atoms with Crippen LogP contribution in [0.4, 0.5) is 0 Å². The number of nitrogens with one attached hydrogen (secondary N) is 1. The molecule has 0 aromatic carbocycles. The van der Waals surface area contributed by atoms with Gasteiger partial charge >= 0.3 is 0 Å². The summed E-state index contributed by atoms with van der Waals surface area (Å²) in [6.45, 7) is 5.06. The van der Waals surface area contributed by atoms with Gasteiger partial charge in [0.05, 0.1) is 12.1 Å². The third kappa shape index (κ3) is 2.40. The first-order chi connectivity index (χ1) is 8.24. The highest BCUT2D eigenvalue weighted by molar-refractivity contribution is 5.09. The van der Waals surface area contributed by atoms with E-state index in [4.69, 9.17) is 9.15 Å². The van der Waals surface area contributed by atoms with Crippen molar-refractivity contribution in [3.63, 3.8) is 0 Å². The fraction of sp³-hybridized carbons (Fsp3) is 0.714. The van der Waals surface area contributed by atoms with Crippen molar-refractivity contribution in [2.45, 2.75) is 51.3 Å². The van der Waals surface area contributed by atoms with Crippen molar-refractivity contribution in [1.29, 1.82) is 0 Å². The highest BCUT2D eigenvalue weighted by Gasteiger charge is 2.41. The van der Waals surface area contributed by atoms with Crippen LogP contribution in [0.25, 0.3) is 0 Å². The van der Waals surface area contributed by atoms with Crippen molar-refractivity contribution in [3.05, 3.63) is 23.7 Å². The Morgan fingerprint density at radius 2 is 2.12 bits per heavy atom. The predicted octanol–water partition coefficient (Wildman–Crippen LogP) is 2.81. The lowest BCUT2D eigenvalue weighted by Gasteiger charge is -2.22. The molecule has 94 valence electrons. The molecule has 3 heteroatoms. The minimum atomic E-state index is 0.275. The molecule has 1 aromatic rings. The first kappa shape index (κ1) is 11.3.